The molecule has 0 unspecified atom stereocenters. The Hall–Kier alpha value is -2.73. The maximum atomic E-state index is 12.3. The van der Waals surface area contributed by atoms with E-state index >= 15 is 0 Å². The molecule has 1 aliphatic rings. The monoisotopic (exact) mass is 374 g/mol. The lowest BCUT2D eigenvalue weighted by molar-refractivity contribution is 0.0954. The normalized spacial score (nSPS) is 12.6. The molecule has 0 bridgehead atoms. The first-order valence-corrected chi connectivity index (χ1v) is 8.40. The van der Waals surface area contributed by atoms with Crippen LogP contribution in [0.4, 0.5) is 16.2 Å². The number of hydrogen-bond acceptors (Lipinski definition) is 3. The number of amides is 3. The highest BCUT2D eigenvalue weighted by Gasteiger charge is 2.23. The van der Waals surface area contributed by atoms with Crippen molar-refractivity contribution in [2.24, 2.45) is 0 Å². The third kappa shape index (κ3) is 5.97. The molecule has 0 saturated heterocycles. The maximum absolute atomic E-state index is 12.3. The molecule has 0 radical (unpaired) electrons. The number of rotatable bonds is 6. The molecule has 1 fully saturated rings. The second-order valence-corrected chi connectivity index (χ2v) is 6.20. The quantitative estimate of drug-likeness (QED) is 0.585. The average molecular weight is 375 g/mol. The summed E-state index contributed by atoms with van der Waals surface area (Å²) in [6.45, 7) is 0.530. The molecule has 1 aliphatic carbocycles. The van der Waals surface area contributed by atoms with E-state index in [2.05, 4.69) is 16.0 Å². The van der Waals surface area contributed by atoms with E-state index in [9.17, 15) is 9.59 Å². The van der Waals surface area contributed by atoms with Crippen LogP contribution in [0.2, 0.25) is 0 Å². The Morgan fingerprint density at radius 1 is 1.08 bits per heavy atom. The molecule has 6 nitrogen and oxygen atoms in total. The van der Waals surface area contributed by atoms with Gasteiger partial charge in [0.05, 0.1) is 0 Å². The van der Waals surface area contributed by atoms with Gasteiger partial charge in [-0.05, 0) is 55.2 Å². The molecule has 1 saturated carbocycles. The summed E-state index contributed by atoms with van der Waals surface area (Å²) >= 11 is 0. The predicted octanol–water partition coefficient (Wildman–Crippen LogP) is 2.95. The molecular weight excluding hydrogens is 352 g/mol. The van der Waals surface area contributed by atoms with E-state index in [1.165, 1.54) is 0 Å². The maximum Gasteiger partial charge on any atom is 0.319 e. The predicted molar refractivity (Wildman–Crippen MR) is 106 cm³/mol. The molecule has 0 spiro atoms. The number of carbonyl (C=O) groups excluding carboxylic acids is 2. The summed E-state index contributed by atoms with van der Waals surface area (Å²) < 4.78 is 0. The van der Waals surface area contributed by atoms with Crippen molar-refractivity contribution in [1.82, 2.24) is 10.6 Å². The van der Waals surface area contributed by atoms with E-state index in [1.54, 1.807) is 24.3 Å². The van der Waals surface area contributed by atoms with Gasteiger partial charge in [-0.25, -0.2) is 4.79 Å². The highest BCUT2D eigenvalue weighted by molar-refractivity contribution is 5.96. The molecule has 3 amide bonds. The van der Waals surface area contributed by atoms with Crippen molar-refractivity contribution >= 4 is 35.7 Å². The molecule has 2 aromatic carbocycles. The van der Waals surface area contributed by atoms with Crippen molar-refractivity contribution in [3.05, 3.63) is 59.7 Å². The molecule has 0 atom stereocenters. The van der Waals surface area contributed by atoms with Crippen molar-refractivity contribution in [3.8, 4) is 0 Å². The zero-order valence-electron chi connectivity index (χ0n) is 14.3. The summed E-state index contributed by atoms with van der Waals surface area (Å²) in [7, 11) is 0. The molecule has 0 aliphatic heterocycles. The molecule has 0 aromatic heterocycles. The minimum Gasteiger partial charge on any atom is -0.399 e. The second kappa shape index (κ2) is 9.10. The van der Waals surface area contributed by atoms with Crippen LogP contribution in [0.15, 0.2) is 48.5 Å². The number of benzene rings is 2. The first-order chi connectivity index (χ1) is 12.1. The molecule has 5 N–H and O–H groups in total. The average Bonchev–Trinajstić information content (AvgIpc) is 3.40. The third-order valence-electron chi connectivity index (χ3n) is 3.97. The van der Waals surface area contributed by atoms with E-state index in [-0.39, 0.29) is 24.3 Å². The summed E-state index contributed by atoms with van der Waals surface area (Å²) in [4.78, 5) is 24.0. The lowest BCUT2D eigenvalue weighted by Gasteiger charge is -2.09. The van der Waals surface area contributed by atoms with Gasteiger partial charge in [0, 0.05) is 29.5 Å². The minimum atomic E-state index is -0.233. The van der Waals surface area contributed by atoms with Crippen molar-refractivity contribution < 1.29 is 9.59 Å². The van der Waals surface area contributed by atoms with E-state index in [0.29, 0.717) is 23.8 Å². The zero-order valence-corrected chi connectivity index (χ0v) is 15.1. The Bertz CT molecular complexity index is 760. The zero-order chi connectivity index (χ0) is 17.6. The lowest BCUT2D eigenvalue weighted by Crippen LogP contribution is -2.30. The van der Waals surface area contributed by atoms with E-state index in [1.807, 2.05) is 24.3 Å². The number of carbonyl (C=O) groups is 2. The molecule has 3 rings (SSSR count). The minimum absolute atomic E-state index is 0. The van der Waals surface area contributed by atoms with Crippen LogP contribution in [0.3, 0.4) is 0 Å². The summed E-state index contributed by atoms with van der Waals surface area (Å²) in [6, 6.07) is 14.6. The molecule has 7 heteroatoms. The number of urea groups is 1. The largest absolute Gasteiger partial charge is 0.399 e. The van der Waals surface area contributed by atoms with Gasteiger partial charge >= 0.3 is 6.03 Å². The molecule has 0 heterocycles. The Labute approximate surface area is 159 Å². The van der Waals surface area contributed by atoms with Crippen LogP contribution in [-0.4, -0.2) is 24.5 Å². The fourth-order valence-corrected chi connectivity index (χ4v) is 2.43. The topological polar surface area (TPSA) is 96.2 Å². The summed E-state index contributed by atoms with van der Waals surface area (Å²) in [6.07, 6.45) is 2.79. The van der Waals surface area contributed by atoms with Gasteiger partial charge in [0.2, 0.25) is 0 Å². The van der Waals surface area contributed by atoms with Crippen molar-refractivity contribution in [1.29, 1.82) is 0 Å². The van der Waals surface area contributed by atoms with Crippen LogP contribution in [0.5, 0.6) is 0 Å². The van der Waals surface area contributed by atoms with Gasteiger partial charge in [-0.1, -0.05) is 18.2 Å². The van der Waals surface area contributed by atoms with E-state index < -0.39 is 0 Å². The smallest absolute Gasteiger partial charge is 0.319 e. The van der Waals surface area contributed by atoms with Crippen LogP contribution in [-0.2, 0) is 6.42 Å². The third-order valence-corrected chi connectivity index (χ3v) is 3.97. The first kappa shape index (κ1) is 19.6. The lowest BCUT2D eigenvalue weighted by atomic mass is 10.1. The van der Waals surface area contributed by atoms with Gasteiger partial charge in [0.15, 0.2) is 0 Å². The Kier molecular flexibility index (Phi) is 6.86. The Morgan fingerprint density at radius 2 is 1.81 bits per heavy atom. The molecule has 26 heavy (non-hydrogen) atoms. The van der Waals surface area contributed by atoms with Crippen molar-refractivity contribution in [2.75, 3.05) is 17.6 Å². The summed E-state index contributed by atoms with van der Waals surface area (Å²) in [5.41, 5.74) is 8.61. The Balaban J connectivity index is 0.00000243. The Morgan fingerprint density at radius 3 is 2.50 bits per heavy atom. The highest BCUT2D eigenvalue weighted by atomic mass is 35.5. The molecule has 2 aromatic rings. The van der Waals surface area contributed by atoms with Crippen LogP contribution in [0, 0.1) is 0 Å². The summed E-state index contributed by atoms with van der Waals surface area (Å²) in [5.74, 6) is -0.165. The standard InChI is InChI=1S/C19H22N4O2.ClH/c20-15-6-4-13(5-7-15)10-11-21-18(24)14-2-1-3-17(12-14)23-19(25)22-16-8-9-16;/h1-7,12,16H,8-11,20H2,(H,21,24)(H2,22,23,25);1H. The van der Waals surface area contributed by atoms with Gasteiger partial charge in [-0.2, -0.15) is 0 Å². The number of hydrogen-bond donors (Lipinski definition) is 4. The summed E-state index contributed by atoms with van der Waals surface area (Å²) in [5, 5.41) is 8.49. The van der Waals surface area contributed by atoms with E-state index in [0.717, 1.165) is 30.5 Å². The number of halogens is 1. The number of nitrogens with two attached hydrogens (primary N) is 1. The first-order valence-electron chi connectivity index (χ1n) is 8.40. The van der Waals surface area contributed by atoms with Gasteiger partial charge in [0.25, 0.3) is 5.91 Å². The second-order valence-electron chi connectivity index (χ2n) is 6.20. The van der Waals surface area contributed by atoms with Crippen LogP contribution in [0.25, 0.3) is 0 Å². The van der Waals surface area contributed by atoms with E-state index in [4.69, 9.17) is 5.73 Å². The van der Waals surface area contributed by atoms with Gasteiger partial charge < -0.3 is 21.7 Å². The molecule has 138 valence electrons. The van der Waals surface area contributed by atoms with Crippen LogP contribution in [0.1, 0.15) is 28.8 Å². The number of nitrogen functional groups attached to an aromatic ring is 1. The highest BCUT2D eigenvalue weighted by Crippen LogP contribution is 2.19. The number of nitrogens with one attached hydrogen (secondary N) is 3. The van der Waals surface area contributed by atoms with Gasteiger partial charge in [0.1, 0.15) is 0 Å². The fraction of sp³-hybridized carbons (Fsp3) is 0.263. The van der Waals surface area contributed by atoms with Gasteiger partial charge in [-0.3, -0.25) is 4.79 Å². The number of anilines is 2. The van der Waals surface area contributed by atoms with Gasteiger partial charge in [-0.15, -0.1) is 12.4 Å². The van der Waals surface area contributed by atoms with Crippen molar-refractivity contribution in [2.45, 2.75) is 25.3 Å². The molecular formula is C19H23ClN4O2. The van der Waals surface area contributed by atoms with Crippen LogP contribution >= 0.6 is 12.4 Å². The fourth-order valence-electron chi connectivity index (χ4n) is 2.43. The SMILES string of the molecule is Cl.Nc1ccc(CCNC(=O)c2cccc(NC(=O)NC3CC3)c2)cc1. The van der Waals surface area contributed by atoms with Crippen molar-refractivity contribution in [3.63, 3.8) is 0 Å². The van der Waals surface area contributed by atoms with Crippen LogP contribution < -0.4 is 21.7 Å².